The number of carbonyl (C=O) groups excluding carboxylic acids is 1. The number of nitrogens with zero attached hydrogens (tertiary/aromatic N) is 1. The van der Waals surface area contributed by atoms with Gasteiger partial charge in [-0.2, -0.15) is 13.2 Å². The van der Waals surface area contributed by atoms with Gasteiger partial charge in [0.1, 0.15) is 11.5 Å². The molecule has 2 heterocycles. The van der Waals surface area contributed by atoms with Crippen molar-refractivity contribution in [3.8, 4) is 0 Å². The van der Waals surface area contributed by atoms with Gasteiger partial charge in [-0.05, 0) is 54.4 Å². The van der Waals surface area contributed by atoms with Crippen LogP contribution in [-0.4, -0.2) is 10.5 Å². The molecule has 0 spiro atoms. The summed E-state index contributed by atoms with van der Waals surface area (Å²) in [4.78, 5) is 14.0. The minimum atomic E-state index is -4.44. The van der Waals surface area contributed by atoms with Crippen molar-refractivity contribution in [3.05, 3.63) is 93.7 Å². The molecule has 2 aromatic heterocycles. The largest absolute Gasteiger partial charge is 0.416 e. The summed E-state index contributed by atoms with van der Waals surface area (Å²) in [5.41, 5.74) is 1.52. The summed E-state index contributed by atoms with van der Waals surface area (Å²) in [5, 5.41) is 2.70. The van der Waals surface area contributed by atoms with Crippen molar-refractivity contribution in [2.45, 2.75) is 26.2 Å². The van der Waals surface area contributed by atoms with Crippen LogP contribution in [0, 0.1) is 12.7 Å². The van der Waals surface area contributed by atoms with Crippen LogP contribution in [0.4, 0.5) is 17.6 Å². The normalized spacial score (nSPS) is 11.8. The van der Waals surface area contributed by atoms with E-state index >= 15 is 0 Å². The lowest BCUT2D eigenvalue weighted by atomic mass is 10.1. The first kappa shape index (κ1) is 21.1. The molecule has 0 aliphatic heterocycles. The minimum absolute atomic E-state index is 0.0411. The third-order valence-corrected chi connectivity index (χ3v) is 5.87. The van der Waals surface area contributed by atoms with Gasteiger partial charge < -0.3 is 9.88 Å². The highest BCUT2D eigenvalue weighted by Gasteiger charge is 2.30. The average molecular weight is 446 g/mol. The first-order chi connectivity index (χ1) is 14.7. The van der Waals surface area contributed by atoms with Crippen molar-refractivity contribution in [1.82, 2.24) is 9.88 Å². The zero-order chi connectivity index (χ0) is 22.2. The zero-order valence-electron chi connectivity index (χ0n) is 16.5. The standard InChI is InChI=1S/C23H18F4N2OS/c1-14-8-19-21(31-14)11-20(29(19)13-16-5-3-7-18(24)10-16)22(30)28-12-15-4-2-6-17(9-15)23(25,26)27/h2-11H,12-13H2,1H3,(H,28,30). The molecule has 160 valence electrons. The molecule has 0 aliphatic carbocycles. The first-order valence-electron chi connectivity index (χ1n) is 9.49. The van der Waals surface area contributed by atoms with E-state index in [9.17, 15) is 22.4 Å². The molecule has 4 aromatic rings. The lowest BCUT2D eigenvalue weighted by Gasteiger charge is -2.12. The molecule has 0 bridgehead atoms. The number of amides is 1. The Kier molecular flexibility index (Phi) is 5.58. The Morgan fingerprint density at radius 3 is 2.52 bits per heavy atom. The van der Waals surface area contributed by atoms with E-state index in [0.29, 0.717) is 23.4 Å². The van der Waals surface area contributed by atoms with Crippen molar-refractivity contribution in [2.75, 3.05) is 0 Å². The van der Waals surface area contributed by atoms with Gasteiger partial charge in [0.25, 0.3) is 5.91 Å². The van der Waals surface area contributed by atoms with Crippen LogP contribution in [0.2, 0.25) is 0 Å². The van der Waals surface area contributed by atoms with E-state index in [1.807, 2.05) is 13.0 Å². The molecule has 0 radical (unpaired) electrons. The van der Waals surface area contributed by atoms with Gasteiger partial charge in [-0.3, -0.25) is 4.79 Å². The van der Waals surface area contributed by atoms with E-state index < -0.39 is 17.6 Å². The quantitative estimate of drug-likeness (QED) is 0.367. The van der Waals surface area contributed by atoms with Crippen molar-refractivity contribution in [2.24, 2.45) is 0 Å². The number of hydrogen-bond acceptors (Lipinski definition) is 2. The van der Waals surface area contributed by atoms with Gasteiger partial charge in [0.2, 0.25) is 0 Å². The number of benzene rings is 2. The number of carbonyl (C=O) groups is 1. The monoisotopic (exact) mass is 446 g/mol. The molecule has 8 heteroatoms. The van der Waals surface area contributed by atoms with Crippen LogP contribution in [-0.2, 0) is 19.3 Å². The Balaban J connectivity index is 1.60. The maximum atomic E-state index is 13.6. The van der Waals surface area contributed by atoms with E-state index in [0.717, 1.165) is 27.2 Å². The molecule has 0 atom stereocenters. The molecule has 2 aromatic carbocycles. The van der Waals surface area contributed by atoms with Gasteiger partial charge in [-0.15, -0.1) is 11.3 Å². The average Bonchev–Trinajstić information content (AvgIpc) is 3.23. The van der Waals surface area contributed by atoms with Crippen LogP contribution in [0.15, 0.2) is 60.7 Å². The van der Waals surface area contributed by atoms with Crippen LogP contribution in [0.1, 0.15) is 32.1 Å². The summed E-state index contributed by atoms with van der Waals surface area (Å²) in [7, 11) is 0. The summed E-state index contributed by atoms with van der Waals surface area (Å²) in [6.07, 6.45) is -4.44. The molecule has 4 rings (SSSR count). The van der Waals surface area contributed by atoms with Crippen molar-refractivity contribution in [3.63, 3.8) is 0 Å². The fourth-order valence-corrected chi connectivity index (χ4v) is 4.43. The van der Waals surface area contributed by atoms with Gasteiger partial charge in [0.05, 0.1) is 15.8 Å². The Labute approximate surface area is 179 Å². The fraction of sp³-hybridized carbons (Fsp3) is 0.174. The van der Waals surface area contributed by atoms with Gasteiger partial charge in [0.15, 0.2) is 0 Å². The highest BCUT2D eigenvalue weighted by atomic mass is 32.1. The topological polar surface area (TPSA) is 34.0 Å². The first-order valence-corrected chi connectivity index (χ1v) is 10.3. The molecule has 31 heavy (non-hydrogen) atoms. The van der Waals surface area contributed by atoms with E-state index in [1.54, 1.807) is 22.8 Å². The molecule has 1 amide bonds. The lowest BCUT2D eigenvalue weighted by Crippen LogP contribution is -2.25. The number of aryl methyl sites for hydroxylation is 1. The van der Waals surface area contributed by atoms with Crippen LogP contribution in [0.5, 0.6) is 0 Å². The van der Waals surface area contributed by atoms with Gasteiger partial charge in [-0.1, -0.05) is 24.3 Å². The van der Waals surface area contributed by atoms with Crippen LogP contribution >= 0.6 is 11.3 Å². The number of aromatic nitrogens is 1. The van der Waals surface area contributed by atoms with E-state index in [-0.39, 0.29) is 12.4 Å². The minimum Gasteiger partial charge on any atom is -0.347 e. The summed E-state index contributed by atoms with van der Waals surface area (Å²) < 4.78 is 55.1. The van der Waals surface area contributed by atoms with Crippen molar-refractivity contribution < 1.29 is 22.4 Å². The molecule has 0 aliphatic rings. The maximum absolute atomic E-state index is 13.6. The zero-order valence-corrected chi connectivity index (χ0v) is 17.3. The maximum Gasteiger partial charge on any atom is 0.416 e. The number of nitrogens with one attached hydrogen (secondary N) is 1. The fourth-order valence-electron chi connectivity index (χ4n) is 3.47. The molecule has 1 N–H and O–H groups in total. The van der Waals surface area contributed by atoms with Gasteiger partial charge in [-0.25, -0.2) is 4.39 Å². The van der Waals surface area contributed by atoms with Gasteiger partial charge >= 0.3 is 6.18 Å². The second-order valence-electron chi connectivity index (χ2n) is 7.23. The lowest BCUT2D eigenvalue weighted by molar-refractivity contribution is -0.137. The van der Waals surface area contributed by atoms with E-state index in [1.165, 1.54) is 35.6 Å². The molecule has 0 saturated carbocycles. The van der Waals surface area contributed by atoms with E-state index in [2.05, 4.69) is 5.32 Å². The highest BCUT2D eigenvalue weighted by molar-refractivity contribution is 7.19. The Morgan fingerprint density at radius 1 is 1.03 bits per heavy atom. The van der Waals surface area contributed by atoms with Gasteiger partial charge in [0, 0.05) is 18.0 Å². The number of halogens is 4. The third kappa shape index (κ3) is 4.64. The Bertz CT molecular complexity index is 1260. The number of rotatable bonds is 5. The summed E-state index contributed by atoms with van der Waals surface area (Å²) >= 11 is 1.54. The second-order valence-corrected chi connectivity index (χ2v) is 8.52. The molecular formula is C23H18F4N2OS. The molecule has 3 nitrogen and oxygen atoms in total. The van der Waals surface area contributed by atoms with Crippen LogP contribution < -0.4 is 5.32 Å². The number of thiophene rings is 1. The molecular weight excluding hydrogens is 428 g/mol. The predicted octanol–water partition coefficient (Wildman–Crippen LogP) is 6.15. The SMILES string of the molecule is Cc1cc2c(cc(C(=O)NCc3cccc(C(F)(F)F)c3)n2Cc2cccc(F)c2)s1. The Hall–Kier alpha value is -3.13. The van der Waals surface area contributed by atoms with Crippen molar-refractivity contribution in [1.29, 1.82) is 0 Å². The second kappa shape index (κ2) is 8.19. The summed E-state index contributed by atoms with van der Waals surface area (Å²) in [6.45, 7) is 2.22. The summed E-state index contributed by atoms with van der Waals surface area (Å²) in [5.74, 6) is -0.771. The third-order valence-electron chi connectivity index (χ3n) is 4.88. The predicted molar refractivity (Wildman–Crippen MR) is 113 cm³/mol. The smallest absolute Gasteiger partial charge is 0.347 e. The van der Waals surface area contributed by atoms with Crippen LogP contribution in [0.3, 0.4) is 0 Å². The number of fused-ring (bicyclic) bond motifs is 1. The molecule has 0 saturated heterocycles. The Morgan fingerprint density at radius 2 is 1.77 bits per heavy atom. The number of hydrogen-bond donors (Lipinski definition) is 1. The van der Waals surface area contributed by atoms with Crippen LogP contribution in [0.25, 0.3) is 10.2 Å². The number of alkyl halides is 3. The molecule has 0 unspecified atom stereocenters. The highest BCUT2D eigenvalue weighted by Crippen LogP contribution is 2.31. The summed E-state index contributed by atoms with van der Waals surface area (Å²) in [6, 6.07) is 14.7. The van der Waals surface area contributed by atoms with E-state index in [4.69, 9.17) is 0 Å². The molecule has 0 fully saturated rings. The van der Waals surface area contributed by atoms with Crippen molar-refractivity contribution >= 4 is 27.5 Å².